The SMILES string of the molecule is Nc1cc(C(=O)Nc2cnccn2)c2ccccc2n1. The number of nitrogens with zero attached hydrogens (tertiary/aromatic N) is 3. The standard InChI is InChI=1S/C14H11N5O/c15-12-7-10(9-3-1-2-4-11(9)18-12)14(20)19-13-8-16-5-6-17-13/h1-8H,(H2,15,18)(H,17,19,20). The van der Waals surface area contributed by atoms with Crippen molar-refractivity contribution in [1.82, 2.24) is 15.0 Å². The van der Waals surface area contributed by atoms with E-state index in [1.807, 2.05) is 24.3 Å². The van der Waals surface area contributed by atoms with E-state index in [4.69, 9.17) is 5.73 Å². The molecule has 0 bridgehead atoms. The van der Waals surface area contributed by atoms with Crippen LogP contribution in [-0.2, 0) is 0 Å². The fourth-order valence-corrected chi connectivity index (χ4v) is 1.93. The molecule has 3 aromatic rings. The molecule has 0 aliphatic carbocycles. The van der Waals surface area contributed by atoms with Crippen molar-refractivity contribution in [3.8, 4) is 0 Å². The lowest BCUT2D eigenvalue weighted by Crippen LogP contribution is -2.14. The minimum absolute atomic E-state index is 0.296. The number of amides is 1. The molecule has 0 unspecified atom stereocenters. The van der Waals surface area contributed by atoms with E-state index < -0.39 is 0 Å². The maximum atomic E-state index is 12.3. The van der Waals surface area contributed by atoms with Crippen LogP contribution < -0.4 is 11.1 Å². The molecule has 20 heavy (non-hydrogen) atoms. The van der Waals surface area contributed by atoms with Crippen LogP contribution in [0.4, 0.5) is 11.6 Å². The van der Waals surface area contributed by atoms with E-state index in [9.17, 15) is 4.79 Å². The van der Waals surface area contributed by atoms with Crippen molar-refractivity contribution in [3.05, 3.63) is 54.5 Å². The molecule has 1 aromatic carbocycles. The zero-order valence-corrected chi connectivity index (χ0v) is 10.4. The molecule has 1 amide bonds. The number of nitrogens with two attached hydrogens (primary N) is 1. The van der Waals surface area contributed by atoms with Gasteiger partial charge in [0, 0.05) is 17.8 Å². The Kier molecular flexibility index (Phi) is 2.96. The summed E-state index contributed by atoms with van der Waals surface area (Å²) in [5.74, 6) is 0.390. The van der Waals surface area contributed by atoms with Gasteiger partial charge >= 0.3 is 0 Å². The summed E-state index contributed by atoms with van der Waals surface area (Å²) in [4.78, 5) is 24.4. The second kappa shape index (κ2) is 4.93. The third kappa shape index (κ3) is 2.26. The van der Waals surface area contributed by atoms with Gasteiger partial charge < -0.3 is 11.1 Å². The largest absolute Gasteiger partial charge is 0.384 e. The monoisotopic (exact) mass is 265 g/mol. The zero-order chi connectivity index (χ0) is 13.9. The fourth-order valence-electron chi connectivity index (χ4n) is 1.93. The van der Waals surface area contributed by atoms with Crippen molar-refractivity contribution in [2.24, 2.45) is 0 Å². The van der Waals surface area contributed by atoms with Crippen molar-refractivity contribution < 1.29 is 4.79 Å². The van der Waals surface area contributed by atoms with E-state index in [-0.39, 0.29) is 5.91 Å². The number of anilines is 2. The lowest BCUT2D eigenvalue weighted by molar-refractivity contribution is 0.102. The summed E-state index contributed by atoms with van der Waals surface area (Å²) in [6.07, 6.45) is 4.52. The maximum absolute atomic E-state index is 12.3. The Morgan fingerprint density at radius 1 is 1.20 bits per heavy atom. The van der Waals surface area contributed by atoms with Crippen molar-refractivity contribution in [3.63, 3.8) is 0 Å². The van der Waals surface area contributed by atoms with E-state index in [2.05, 4.69) is 20.3 Å². The van der Waals surface area contributed by atoms with Gasteiger partial charge in [0.1, 0.15) is 5.82 Å². The van der Waals surface area contributed by atoms with Crippen LogP contribution in [0.2, 0.25) is 0 Å². The summed E-state index contributed by atoms with van der Waals surface area (Å²) in [6, 6.07) is 8.88. The molecule has 6 heteroatoms. The van der Waals surface area contributed by atoms with E-state index >= 15 is 0 Å². The van der Waals surface area contributed by atoms with Gasteiger partial charge in [0.05, 0.1) is 17.3 Å². The number of aromatic nitrogens is 3. The minimum atomic E-state index is -0.296. The molecule has 0 saturated heterocycles. The number of hydrogen-bond donors (Lipinski definition) is 2. The Hall–Kier alpha value is -3.02. The van der Waals surface area contributed by atoms with Crippen LogP contribution in [0.25, 0.3) is 10.9 Å². The normalized spacial score (nSPS) is 10.4. The van der Waals surface area contributed by atoms with Crippen LogP contribution in [0.15, 0.2) is 48.9 Å². The molecule has 0 radical (unpaired) electrons. The Bertz CT molecular complexity index is 773. The number of fused-ring (bicyclic) bond motifs is 1. The molecular weight excluding hydrogens is 254 g/mol. The molecule has 3 rings (SSSR count). The van der Waals surface area contributed by atoms with Gasteiger partial charge in [-0.3, -0.25) is 9.78 Å². The molecule has 0 atom stereocenters. The second-order valence-electron chi connectivity index (χ2n) is 4.16. The van der Waals surface area contributed by atoms with Crippen molar-refractivity contribution >= 4 is 28.4 Å². The molecule has 0 spiro atoms. The summed E-state index contributed by atoms with van der Waals surface area (Å²) in [5, 5.41) is 3.42. The van der Waals surface area contributed by atoms with E-state index in [1.54, 1.807) is 6.07 Å². The number of nitrogen functional groups attached to an aromatic ring is 1. The number of hydrogen-bond acceptors (Lipinski definition) is 5. The van der Waals surface area contributed by atoms with Crippen LogP contribution in [0.1, 0.15) is 10.4 Å². The molecule has 3 N–H and O–H groups in total. The summed E-state index contributed by atoms with van der Waals surface area (Å²) in [6.45, 7) is 0. The summed E-state index contributed by atoms with van der Waals surface area (Å²) in [7, 11) is 0. The van der Waals surface area contributed by atoms with Gasteiger partial charge in [0.25, 0.3) is 5.91 Å². The Morgan fingerprint density at radius 3 is 2.85 bits per heavy atom. The van der Waals surface area contributed by atoms with Crippen LogP contribution >= 0.6 is 0 Å². The quantitative estimate of drug-likeness (QED) is 0.737. The molecule has 0 saturated carbocycles. The van der Waals surface area contributed by atoms with Crippen LogP contribution in [0.5, 0.6) is 0 Å². The molecule has 98 valence electrons. The number of carbonyl (C=O) groups is 1. The lowest BCUT2D eigenvalue weighted by Gasteiger charge is -2.08. The first-order valence-electron chi connectivity index (χ1n) is 5.96. The summed E-state index contributed by atoms with van der Waals surface area (Å²) in [5.41, 5.74) is 6.87. The molecule has 0 fully saturated rings. The van der Waals surface area contributed by atoms with Gasteiger partial charge in [0.2, 0.25) is 0 Å². The number of nitrogens with one attached hydrogen (secondary N) is 1. The van der Waals surface area contributed by atoms with Gasteiger partial charge in [-0.2, -0.15) is 0 Å². The highest BCUT2D eigenvalue weighted by atomic mass is 16.1. The summed E-state index contributed by atoms with van der Waals surface area (Å²) < 4.78 is 0. The summed E-state index contributed by atoms with van der Waals surface area (Å²) >= 11 is 0. The average Bonchev–Trinajstić information content (AvgIpc) is 2.47. The van der Waals surface area contributed by atoms with E-state index in [0.717, 1.165) is 5.39 Å². The molecule has 0 aliphatic heterocycles. The molecule has 6 nitrogen and oxygen atoms in total. The average molecular weight is 265 g/mol. The van der Waals surface area contributed by atoms with Crippen molar-refractivity contribution in [1.29, 1.82) is 0 Å². The number of carbonyl (C=O) groups excluding carboxylic acids is 1. The Morgan fingerprint density at radius 2 is 2.05 bits per heavy atom. The number of rotatable bonds is 2. The van der Waals surface area contributed by atoms with Crippen molar-refractivity contribution in [2.45, 2.75) is 0 Å². The predicted molar refractivity (Wildman–Crippen MR) is 76.1 cm³/mol. The zero-order valence-electron chi connectivity index (χ0n) is 10.4. The van der Waals surface area contributed by atoms with Gasteiger partial charge in [-0.25, -0.2) is 9.97 Å². The third-order valence-electron chi connectivity index (χ3n) is 2.79. The highest BCUT2D eigenvalue weighted by Gasteiger charge is 2.12. The Balaban J connectivity index is 2.03. The molecular formula is C14H11N5O. The van der Waals surface area contributed by atoms with Crippen LogP contribution in [0, 0.1) is 0 Å². The van der Waals surface area contributed by atoms with E-state index in [1.165, 1.54) is 18.6 Å². The fraction of sp³-hybridized carbons (Fsp3) is 0. The van der Waals surface area contributed by atoms with Gasteiger partial charge in [-0.05, 0) is 12.1 Å². The molecule has 0 aliphatic rings. The topological polar surface area (TPSA) is 93.8 Å². The number of benzene rings is 1. The maximum Gasteiger partial charge on any atom is 0.257 e. The highest BCUT2D eigenvalue weighted by Crippen LogP contribution is 2.20. The first kappa shape index (κ1) is 12.0. The Labute approximate surface area is 114 Å². The van der Waals surface area contributed by atoms with E-state index in [0.29, 0.717) is 22.7 Å². The minimum Gasteiger partial charge on any atom is -0.384 e. The first-order valence-corrected chi connectivity index (χ1v) is 5.96. The lowest BCUT2D eigenvalue weighted by atomic mass is 10.1. The number of para-hydroxylation sites is 1. The van der Waals surface area contributed by atoms with Gasteiger partial charge in [-0.15, -0.1) is 0 Å². The van der Waals surface area contributed by atoms with Crippen molar-refractivity contribution in [2.75, 3.05) is 11.1 Å². The van der Waals surface area contributed by atoms with Crippen LogP contribution in [0.3, 0.4) is 0 Å². The predicted octanol–water partition coefficient (Wildman–Crippen LogP) is 1.86. The van der Waals surface area contributed by atoms with Gasteiger partial charge in [-0.1, -0.05) is 18.2 Å². The third-order valence-corrected chi connectivity index (χ3v) is 2.79. The second-order valence-corrected chi connectivity index (χ2v) is 4.16. The first-order chi connectivity index (χ1) is 9.74. The molecule has 2 aromatic heterocycles. The molecule has 2 heterocycles. The smallest absolute Gasteiger partial charge is 0.257 e. The highest BCUT2D eigenvalue weighted by molar-refractivity contribution is 6.12. The van der Waals surface area contributed by atoms with Crippen LogP contribution in [-0.4, -0.2) is 20.9 Å². The van der Waals surface area contributed by atoms with Gasteiger partial charge in [0.15, 0.2) is 5.82 Å². The number of pyridine rings is 1.